The lowest BCUT2D eigenvalue weighted by Crippen LogP contribution is -2.37. The fourth-order valence-corrected chi connectivity index (χ4v) is 5.56. The molecule has 1 aliphatic carbocycles. The van der Waals surface area contributed by atoms with Crippen molar-refractivity contribution in [3.8, 4) is 11.6 Å². The lowest BCUT2D eigenvalue weighted by molar-refractivity contribution is 0.122. The highest BCUT2D eigenvalue weighted by Gasteiger charge is 2.25. The molecule has 0 atom stereocenters. The number of imidazole rings is 1. The van der Waals surface area contributed by atoms with Crippen molar-refractivity contribution < 1.29 is 14.2 Å². The van der Waals surface area contributed by atoms with Crippen LogP contribution in [0.5, 0.6) is 11.6 Å². The third kappa shape index (κ3) is 7.09. The highest BCUT2D eigenvalue weighted by molar-refractivity contribution is 5.87. The second kappa shape index (κ2) is 13.6. The van der Waals surface area contributed by atoms with Crippen molar-refractivity contribution in [2.24, 2.45) is 7.05 Å². The molecule has 0 spiro atoms. The summed E-state index contributed by atoms with van der Waals surface area (Å²) in [5, 5.41) is 15.3. The van der Waals surface area contributed by atoms with E-state index in [1.807, 2.05) is 44.1 Å². The molecule has 14 nitrogen and oxygen atoms in total. The normalized spacial score (nSPS) is 18.9. The van der Waals surface area contributed by atoms with Gasteiger partial charge in [0, 0.05) is 56.7 Å². The van der Waals surface area contributed by atoms with Crippen LogP contribution in [0.3, 0.4) is 0 Å². The first-order valence-corrected chi connectivity index (χ1v) is 15.0. The number of hydrogen-bond acceptors (Lipinski definition) is 13. The van der Waals surface area contributed by atoms with Gasteiger partial charge in [0.1, 0.15) is 24.3 Å². The number of aromatic nitrogens is 6. The number of nitrogens with one attached hydrogen (secondary N) is 2. The zero-order chi connectivity index (χ0) is 30.5. The maximum atomic E-state index is 11.0. The number of nitrogens with zero attached hydrogens (tertiary/aromatic N) is 8. The van der Waals surface area contributed by atoms with Gasteiger partial charge >= 0.3 is 0 Å². The Balaban J connectivity index is 1.15. The van der Waals surface area contributed by atoms with Gasteiger partial charge in [0.15, 0.2) is 5.95 Å². The SMILES string of the molecule is CN(C)Cc1cnc(NC2CCC(Oc3nc(N4CCOCC4)cc4ncc(OCc5cnc(N[O-])n5C)cc34)CC2)nc1. The monoisotopic (exact) mass is 603 g/mol. The molecule has 2 N–H and O–H groups in total. The number of morpholine rings is 1. The minimum absolute atomic E-state index is 0.0177. The molecule has 1 saturated carbocycles. The summed E-state index contributed by atoms with van der Waals surface area (Å²) >= 11 is 0. The van der Waals surface area contributed by atoms with E-state index in [9.17, 15) is 5.21 Å². The first-order chi connectivity index (χ1) is 21.4. The molecule has 0 unspecified atom stereocenters. The molecule has 5 heterocycles. The maximum Gasteiger partial charge on any atom is 0.225 e. The number of rotatable bonds is 11. The first-order valence-electron chi connectivity index (χ1n) is 15.0. The summed E-state index contributed by atoms with van der Waals surface area (Å²) in [7, 11) is 5.82. The molecule has 6 rings (SSSR count). The Hall–Kier alpha value is -4.27. The Bertz CT molecular complexity index is 1530. The van der Waals surface area contributed by atoms with Crippen molar-refractivity contribution >= 4 is 28.6 Å². The lowest BCUT2D eigenvalue weighted by Gasteiger charge is -2.31. The van der Waals surface area contributed by atoms with Crippen LogP contribution < -0.4 is 25.2 Å². The van der Waals surface area contributed by atoms with Crippen molar-refractivity contribution in [1.29, 1.82) is 0 Å². The van der Waals surface area contributed by atoms with E-state index in [1.165, 1.54) is 0 Å². The van der Waals surface area contributed by atoms with Gasteiger partial charge in [-0.15, -0.1) is 0 Å². The van der Waals surface area contributed by atoms with Crippen LogP contribution >= 0.6 is 0 Å². The molecule has 44 heavy (non-hydrogen) atoms. The Kier molecular flexibility index (Phi) is 9.19. The van der Waals surface area contributed by atoms with E-state index < -0.39 is 0 Å². The van der Waals surface area contributed by atoms with Crippen molar-refractivity contribution in [2.45, 2.75) is 51.0 Å². The molecular weight excluding hydrogens is 564 g/mol. The summed E-state index contributed by atoms with van der Waals surface area (Å²) in [5.41, 5.74) is 4.45. The molecule has 0 amide bonds. The standard InChI is InChI=1S/C30H39N10O4/c1-38(2)18-20-14-32-29(33-15-20)35-21-4-6-23(7-5-21)44-28-25-12-24(43-19-22-16-34-30(37-41)39(22)3)17-31-26(25)13-27(36-28)40-8-10-42-11-9-40/h12-17,21,23H,4-11,18-19H2,1-3H3,(H2-,32,33,34,35,37,41)/q-1. The third-order valence-corrected chi connectivity index (χ3v) is 7.99. The molecule has 0 bridgehead atoms. The molecule has 2 aliphatic rings. The van der Waals surface area contributed by atoms with Crippen LogP contribution in [0, 0.1) is 5.21 Å². The summed E-state index contributed by atoms with van der Waals surface area (Å²) in [5.74, 6) is 2.84. The van der Waals surface area contributed by atoms with Gasteiger partial charge in [0.05, 0.1) is 42.2 Å². The van der Waals surface area contributed by atoms with Crippen LogP contribution in [0.15, 0.2) is 36.9 Å². The summed E-state index contributed by atoms with van der Waals surface area (Å²) in [6, 6.07) is 4.20. The van der Waals surface area contributed by atoms with Crippen molar-refractivity contribution in [3.05, 3.63) is 53.4 Å². The van der Waals surface area contributed by atoms with E-state index >= 15 is 0 Å². The molecule has 2 fully saturated rings. The molecule has 0 radical (unpaired) electrons. The van der Waals surface area contributed by atoms with Crippen LogP contribution in [0.25, 0.3) is 10.9 Å². The molecule has 4 aromatic heterocycles. The van der Waals surface area contributed by atoms with Gasteiger partial charge in [-0.05, 0) is 45.8 Å². The topological polar surface area (TPSA) is 151 Å². The zero-order valence-corrected chi connectivity index (χ0v) is 25.4. The minimum Gasteiger partial charge on any atom is -0.759 e. The second-order valence-electron chi connectivity index (χ2n) is 11.5. The average molecular weight is 604 g/mol. The van der Waals surface area contributed by atoms with E-state index in [-0.39, 0.29) is 24.7 Å². The Morgan fingerprint density at radius 3 is 2.48 bits per heavy atom. The number of pyridine rings is 2. The Morgan fingerprint density at radius 2 is 1.77 bits per heavy atom. The van der Waals surface area contributed by atoms with Crippen molar-refractivity contribution in [2.75, 3.05) is 56.1 Å². The average Bonchev–Trinajstić information content (AvgIpc) is 3.41. The Morgan fingerprint density at radius 1 is 1.00 bits per heavy atom. The summed E-state index contributed by atoms with van der Waals surface area (Å²) in [6.45, 7) is 3.89. The van der Waals surface area contributed by atoms with Crippen LogP contribution in [0.2, 0.25) is 0 Å². The van der Waals surface area contributed by atoms with Crippen molar-refractivity contribution in [3.63, 3.8) is 0 Å². The van der Waals surface area contributed by atoms with Gasteiger partial charge in [-0.3, -0.25) is 4.98 Å². The second-order valence-corrected chi connectivity index (χ2v) is 11.5. The minimum atomic E-state index is 0.0177. The summed E-state index contributed by atoms with van der Waals surface area (Å²) < 4.78 is 19.9. The van der Waals surface area contributed by atoms with E-state index in [2.05, 4.69) is 30.1 Å². The number of hydrogen-bond donors (Lipinski definition) is 2. The zero-order valence-electron chi connectivity index (χ0n) is 25.4. The van der Waals surface area contributed by atoms with Gasteiger partial charge in [0.2, 0.25) is 11.8 Å². The van der Waals surface area contributed by atoms with Crippen LogP contribution in [0.4, 0.5) is 17.7 Å². The fourth-order valence-electron chi connectivity index (χ4n) is 5.56. The highest BCUT2D eigenvalue weighted by atomic mass is 16.5. The third-order valence-electron chi connectivity index (χ3n) is 7.99. The summed E-state index contributed by atoms with van der Waals surface area (Å²) in [6.07, 6.45) is 10.7. The fraction of sp³-hybridized carbons (Fsp3) is 0.500. The van der Waals surface area contributed by atoms with Crippen molar-refractivity contribution in [1.82, 2.24) is 34.4 Å². The van der Waals surface area contributed by atoms with E-state index in [4.69, 9.17) is 24.2 Å². The van der Waals surface area contributed by atoms with Gasteiger partial charge < -0.3 is 44.6 Å². The molecular formula is C30H39N10O4-. The lowest BCUT2D eigenvalue weighted by atomic mass is 9.93. The number of anilines is 3. The van der Waals surface area contributed by atoms with Crippen LogP contribution in [-0.4, -0.2) is 86.9 Å². The maximum absolute atomic E-state index is 11.0. The van der Waals surface area contributed by atoms with Gasteiger partial charge in [-0.2, -0.15) is 4.98 Å². The largest absolute Gasteiger partial charge is 0.759 e. The van der Waals surface area contributed by atoms with Gasteiger partial charge in [-0.1, -0.05) is 0 Å². The molecule has 0 aromatic carbocycles. The molecule has 14 heteroatoms. The first kappa shape index (κ1) is 29.8. The van der Waals surface area contributed by atoms with E-state index in [1.54, 1.807) is 24.0 Å². The predicted octanol–water partition coefficient (Wildman–Crippen LogP) is 3.34. The van der Waals surface area contributed by atoms with E-state index in [0.29, 0.717) is 30.8 Å². The Labute approximate surface area is 256 Å². The predicted molar refractivity (Wildman–Crippen MR) is 167 cm³/mol. The molecule has 1 saturated heterocycles. The molecule has 234 valence electrons. The van der Waals surface area contributed by atoms with E-state index in [0.717, 1.165) is 73.3 Å². The van der Waals surface area contributed by atoms with Gasteiger partial charge in [-0.25, -0.2) is 15.0 Å². The summed E-state index contributed by atoms with van der Waals surface area (Å²) in [4.78, 5) is 27.1. The number of ether oxygens (including phenoxy) is 3. The van der Waals surface area contributed by atoms with Crippen LogP contribution in [-0.2, 0) is 24.9 Å². The number of fused-ring (bicyclic) bond motifs is 1. The van der Waals surface area contributed by atoms with Crippen LogP contribution in [0.1, 0.15) is 36.9 Å². The quantitative estimate of drug-likeness (QED) is 0.241. The molecule has 1 aliphatic heterocycles. The molecule has 4 aromatic rings. The smallest absolute Gasteiger partial charge is 0.225 e. The highest BCUT2D eigenvalue weighted by Crippen LogP contribution is 2.33. The van der Waals surface area contributed by atoms with Gasteiger partial charge in [0.25, 0.3) is 0 Å².